The van der Waals surface area contributed by atoms with Gasteiger partial charge in [0.2, 0.25) is 10.0 Å². The standard InChI is InChI=1S/C15H21N3O4S/c1-10-8-18(9-11(2)22-10)23(20,21)12-5-6-13-14(7-12)17(4)15(19)16(13)3/h5-7,10-11H,8-9H2,1-4H3/t10-,11+. The molecule has 2 heterocycles. The number of fused-ring (bicyclic) bond motifs is 1. The summed E-state index contributed by atoms with van der Waals surface area (Å²) in [6.07, 6.45) is -0.281. The monoisotopic (exact) mass is 339 g/mol. The van der Waals surface area contributed by atoms with Gasteiger partial charge in [0.25, 0.3) is 0 Å². The molecule has 23 heavy (non-hydrogen) atoms. The summed E-state index contributed by atoms with van der Waals surface area (Å²) in [5.74, 6) is 0. The number of nitrogens with zero attached hydrogens (tertiary/aromatic N) is 3. The van der Waals surface area contributed by atoms with Crippen LogP contribution in [0.4, 0.5) is 0 Å². The zero-order valence-electron chi connectivity index (χ0n) is 13.7. The number of benzene rings is 1. The molecule has 0 aliphatic carbocycles. The Morgan fingerprint density at radius 1 is 1.04 bits per heavy atom. The highest BCUT2D eigenvalue weighted by atomic mass is 32.2. The summed E-state index contributed by atoms with van der Waals surface area (Å²) in [6, 6.07) is 4.80. The molecule has 0 spiro atoms. The minimum atomic E-state index is -3.61. The summed E-state index contributed by atoms with van der Waals surface area (Å²) < 4.78 is 35.8. The highest BCUT2D eigenvalue weighted by Crippen LogP contribution is 2.24. The maximum absolute atomic E-state index is 12.9. The van der Waals surface area contributed by atoms with Gasteiger partial charge in [-0.05, 0) is 32.0 Å². The van der Waals surface area contributed by atoms with Crippen molar-refractivity contribution in [3.8, 4) is 0 Å². The first-order chi connectivity index (χ1) is 10.7. The lowest BCUT2D eigenvalue weighted by Gasteiger charge is -2.34. The zero-order chi connectivity index (χ0) is 16.9. The second kappa shape index (κ2) is 5.47. The van der Waals surface area contributed by atoms with Crippen LogP contribution in [-0.2, 0) is 28.9 Å². The van der Waals surface area contributed by atoms with Gasteiger partial charge in [-0.25, -0.2) is 13.2 Å². The van der Waals surface area contributed by atoms with Crippen LogP contribution >= 0.6 is 0 Å². The van der Waals surface area contributed by atoms with E-state index in [0.717, 1.165) is 0 Å². The molecular formula is C15H21N3O4S. The Balaban J connectivity index is 2.08. The van der Waals surface area contributed by atoms with Crippen molar-refractivity contribution in [1.82, 2.24) is 13.4 Å². The van der Waals surface area contributed by atoms with Crippen molar-refractivity contribution in [2.24, 2.45) is 14.1 Å². The zero-order valence-corrected chi connectivity index (χ0v) is 14.5. The maximum Gasteiger partial charge on any atom is 0.328 e. The topological polar surface area (TPSA) is 73.5 Å². The van der Waals surface area contributed by atoms with Gasteiger partial charge in [-0.2, -0.15) is 4.31 Å². The van der Waals surface area contributed by atoms with Gasteiger partial charge < -0.3 is 4.74 Å². The third kappa shape index (κ3) is 2.60. The minimum absolute atomic E-state index is 0.140. The van der Waals surface area contributed by atoms with E-state index in [0.29, 0.717) is 24.1 Å². The van der Waals surface area contributed by atoms with E-state index in [1.165, 1.54) is 13.4 Å². The molecule has 0 bridgehead atoms. The Kier molecular flexibility index (Phi) is 3.86. The summed E-state index contributed by atoms with van der Waals surface area (Å²) in [5.41, 5.74) is 1.14. The molecule has 7 nitrogen and oxygen atoms in total. The maximum atomic E-state index is 12.9. The Hall–Kier alpha value is -1.64. The van der Waals surface area contributed by atoms with E-state index in [-0.39, 0.29) is 22.8 Å². The van der Waals surface area contributed by atoms with Crippen LogP contribution in [0.15, 0.2) is 27.9 Å². The molecule has 0 amide bonds. The van der Waals surface area contributed by atoms with Gasteiger partial charge in [-0.15, -0.1) is 0 Å². The predicted octanol–water partition coefficient (Wildman–Crippen LogP) is 0.675. The third-order valence-corrected chi connectivity index (χ3v) is 6.09. The molecule has 1 fully saturated rings. The summed E-state index contributed by atoms with van der Waals surface area (Å²) >= 11 is 0. The van der Waals surface area contributed by atoms with Crippen molar-refractivity contribution in [1.29, 1.82) is 0 Å². The molecule has 8 heteroatoms. The van der Waals surface area contributed by atoms with E-state index in [1.54, 1.807) is 32.3 Å². The molecule has 0 unspecified atom stereocenters. The number of ether oxygens (including phenoxy) is 1. The van der Waals surface area contributed by atoms with E-state index in [4.69, 9.17) is 4.74 Å². The van der Waals surface area contributed by atoms with Gasteiger partial charge in [0.15, 0.2) is 0 Å². The SMILES string of the molecule is C[C@@H]1CN(S(=O)(=O)c2ccc3c(c2)n(C)c(=O)n3C)C[C@H](C)O1. The Labute approximate surface area is 135 Å². The molecule has 1 aliphatic heterocycles. The average molecular weight is 339 g/mol. The van der Waals surface area contributed by atoms with Crippen LogP contribution in [0.3, 0.4) is 0 Å². The summed E-state index contributed by atoms with van der Waals surface area (Å²) in [7, 11) is -0.301. The molecule has 126 valence electrons. The van der Waals surface area contributed by atoms with E-state index >= 15 is 0 Å². The lowest BCUT2D eigenvalue weighted by atomic mass is 10.3. The van der Waals surface area contributed by atoms with Crippen molar-refractivity contribution >= 4 is 21.1 Å². The average Bonchev–Trinajstić information content (AvgIpc) is 2.71. The van der Waals surface area contributed by atoms with E-state index in [1.807, 2.05) is 13.8 Å². The van der Waals surface area contributed by atoms with Gasteiger partial charge in [0.05, 0.1) is 28.1 Å². The first-order valence-electron chi connectivity index (χ1n) is 7.53. The van der Waals surface area contributed by atoms with Crippen molar-refractivity contribution in [2.45, 2.75) is 31.0 Å². The molecule has 0 N–H and O–H groups in total. The second-order valence-corrected chi connectivity index (χ2v) is 8.07. The summed E-state index contributed by atoms with van der Waals surface area (Å²) in [6.45, 7) is 4.39. The van der Waals surface area contributed by atoms with Gasteiger partial charge in [-0.1, -0.05) is 0 Å². The lowest BCUT2D eigenvalue weighted by Crippen LogP contribution is -2.48. The molecule has 2 atom stereocenters. The molecule has 0 saturated carbocycles. The highest BCUT2D eigenvalue weighted by molar-refractivity contribution is 7.89. The van der Waals surface area contributed by atoms with E-state index in [2.05, 4.69) is 0 Å². The minimum Gasteiger partial charge on any atom is -0.373 e. The number of hydrogen-bond donors (Lipinski definition) is 0. The molecule has 1 aliphatic rings. The van der Waals surface area contributed by atoms with Crippen molar-refractivity contribution in [3.05, 3.63) is 28.7 Å². The van der Waals surface area contributed by atoms with Gasteiger partial charge in [0.1, 0.15) is 0 Å². The fourth-order valence-corrected chi connectivity index (χ4v) is 4.73. The molecule has 3 rings (SSSR count). The molecule has 0 radical (unpaired) electrons. The van der Waals surface area contributed by atoms with Crippen molar-refractivity contribution in [3.63, 3.8) is 0 Å². The number of imidazole rings is 1. The molecular weight excluding hydrogens is 318 g/mol. The Morgan fingerprint density at radius 2 is 1.61 bits per heavy atom. The van der Waals surface area contributed by atoms with Gasteiger partial charge in [0, 0.05) is 27.2 Å². The number of aryl methyl sites for hydroxylation is 2. The van der Waals surface area contributed by atoms with Crippen LogP contribution in [-0.4, -0.2) is 47.2 Å². The first kappa shape index (κ1) is 16.2. The van der Waals surface area contributed by atoms with Crippen LogP contribution in [0.2, 0.25) is 0 Å². The summed E-state index contributed by atoms with van der Waals surface area (Å²) in [5, 5.41) is 0. The Bertz CT molecular complexity index is 903. The largest absolute Gasteiger partial charge is 0.373 e. The Morgan fingerprint density at radius 3 is 2.22 bits per heavy atom. The fraction of sp³-hybridized carbons (Fsp3) is 0.533. The van der Waals surface area contributed by atoms with Crippen LogP contribution in [0.25, 0.3) is 11.0 Å². The summed E-state index contributed by atoms with van der Waals surface area (Å²) in [4.78, 5) is 12.2. The number of sulfonamides is 1. The van der Waals surface area contributed by atoms with Gasteiger partial charge in [-0.3, -0.25) is 9.13 Å². The lowest BCUT2D eigenvalue weighted by molar-refractivity contribution is -0.0440. The third-order valence-electron chi connectivity index (χ3n) is 4.27. The number of hydrogen-bond acceptors (Lipinski definition) is 4. The normalized spacial score (nSPS) is 23.5. The number of aromatic nitrogens is 2. The molecule has 1 aromatic heterocycles. The fourth-order valence-electron chi connectivity index (χ4n) is 3.12. The quantitative estimate of drug-likeness (QED) is 0.806. The van der Waals surface area contributed by atoms with Crippen LogP contribution in [0, 0.1) is 0 Å². The van der Waals surface area contributed by atoms with Crippen molar-refractivity contribution < 1.29 is 13.2 Å². The van der Waals surface area contributed by atoms with E-state index < -0.39 is 10.0 Å². The molecule has 1 aromatic carbocycles. The van der Waals surface area contributed by atoms with Crippen LogP contribution < -0.4 is 5.69 Å². The number of morpholine rings is 1. The van der Waals surface area contributed by atoms with Gasteiger partial charge >= 0.3 is 5.69 Å². The van der Waals surface area contributed by atoms with Crippen LogP contribution in [0.5, 0.6) is 0 Å². The van der Waals surface area contributed by atoms with Crippen LogP contribution in [0.1, 0.15) is 13.8 Å². The van der Waals surface area contributed by atoms with Crippen molar-refractivity contribution in [2.75, 3.05) is 13.1 Å². The predicted molar refractivity (Wildman–Crippen MR) is 86.9 cm³/mol. The number of rotatable bonds is 2. The van der Waals surface area contributed by atoms with E-state index in [9.17, 15) is 13.2 Å². The smallest absolute Gasteiger partial charge is 0.328 e. The highest BCUT2D eigenvalue weighted by Gasteiger charge is 2.32. The second-order valence-electron chi connectivity index (χ2n) is 6.13. The first-order valence-corrected chi connectivity index (χ1v) is 8.97. The molecule has 2 aromatic rings. The molecule has 1 saturated heterocycles.